The molecule has 2 fully saturated rings. The number of nitrogens with one attached hydrogen (secondary N) is 3. The van der Waals surface area contributed by atoms with Crippen LogP contribution in [0.25, 0.3) is 0 Å². The van der Waals surface area contributed by atoms with Crippen LogP contribution in [0, 0.1) is 0 Å². The molecule has 0 spiro atoms. The summed E-state index contributed by atoms with van der Waals surface area (Å²) in [5.74, 6) is 2.03. The van der Waals surface area contributed by atoms with E-state index >= 15 is 0 Å². The topological polar surface area (TPSA) is 111 Å². The van der Waals surface area contributed by atoms with Crippen LogP contribution in [0.1, 0.15) is 40.4 Å². The molecular weight excluding hydrogens is 549 g/mol. The van der Waals surface area contributed by atoms with E-state index in [1.54, 1.807) is 18.3 Å². The molecule has 42 heavy (non-hydrogen) atoms. The molecule has 0 atom stereocenters. The van der Waals surface area contributed by atoms with Gasteiger partial charge in [0.15, 0.2) is 5.82 Å². The second-order valence-corrected chi connectivity index (χ2v) is 10.3. The Labute approximate surface area is 239 Å². The number of H-pyrrole nitrogens is 1. The van der Waals surface area contributed by atoms with Crippen molar-refractivity contribution in [3.05, 3.63) is 83.7 Å². The maximum absolute atomic E-state index is 12.6. The summed E-state index contributed by atoms with van der Waals surface area (Å²) in [6.07, 6.45) is -0.595. The van der Waals surface area contributed by atoms with E-state index in [2.05, 4.69) is 45.3 Å². The highest BCUT2D eigenvalue weighted by molar-refractivity contribution is 6.04. The summed E-state index contributed by atoms with van der Waals surface area (Å²) < 4.78 is 40.8. The quantitative estimate of drug-likeness (QED) is 0.246. The number of aromatic nitrogens is 4. The third-order valence-corrected chi connectivity index (χ3v) is 7.14. The molecule has 1 saturated heterocycles. The van der Waals surface area contributed by atoms with Crippen molar-refractivity contribution in [2.24, 2.45) is 0 Å². The molecule has 1 saturated carbocycles. The molecular formula is C29H29F3N8O2. The van der Waals surface area contributed by atoms with Crippen molar-refractivity contribution in [2.75, 3.05) is 41.7 Å². The van der Waals surface area contributed by atoms with Gasteiger partial charge in [0.2, 0.25) is 5.95 Å². The lowest BCUT2D eigenvalue weighted by Gasteiger charge is -2.34. The lowest BCUT2D eigenvalue weighted by Crippen LogP contribution is -2.46. The third-order valence-electron chi connectivity index (χ3n) is 7.14. The average molecular weight is 579 g/mol. The van der Waals surface area contributed by atoms with E-state index in [0.29, 0.717) is 28.9 Å². The Balaban J connectivity index is 0.974. The molecule has 2 aliphatic rings. The lowest BCUT2D eigenvalue weighted by atomic mass is 10.1. The Kier molecular flexibility index (Phi) is 7.66. The number of ether oxygens (including phenoxy) is 1. The number of nitrogens with zero attached hydrogens (tertiary/aromatic N) is 5. The van der Waals surface area contributed by atoms with Crippen LogP contribution in [0.5, 0.6) is 5.75 Å². The molecule has 0 radical (unpaired) electrons. The first kappa shape index (κ1) is 27.5. The molecule has 1 aliphatic carbocycles. The predicted octanol–water partition coefficient (Wildman–Crippen LogP) is 5.29. The monoisotopic (exact) mass is 578 g/mol. The Morgan fingerprint density at radius 1 is 0.976 bits per heavy atom. The van der Waals surface area contributed by atoms with Crippen molar-refractivity contribution in [1.29, 1.82) is 0 Å². The van der Waals surface area contributed by atoms with Gasteiger partial charge in [-0.3, -0.25) is 14.8 Å². The van der Waals surface area contributed by atoms with Gasteiger partial charge < -0.3 is 20.3 Å². The second kappa shape index (κ2) is 11.7. The Morgan fingerprint density at radius 3 is 2.40 bits per heavy atom. The number of hydrogen-bond acceptors (Lipinski definition) is 8. The largest absolute Gasteiger partial charge is 0.573 e. The number of carbonyl (C=O) groups is 1. The molecule has 2 aromatic heterocycles. The molecule has 3 N–H and O–H groups in total. The van der Waals surface area contributed by atoms with E-state index in [-0.39, 0.29) is 11.7 Å². The molecule has 6 rings (SSSR count). The molecule has 0 unspecified atom stereocenters. The molecule has 0 bridgehead atoms. The number of carbonyl (C=O) groups excluding carboxylic acids is 1. The minimum atomic E-state index is -4.76. The Morgan fingerprint density at radius 2 is 1.71 bits per heavy atom. The second-order valence-electron chi connectivity index (χ2n) is 10.3. The SMILES string of the molecule is O=C(Nc1ccc(OC(F)(F)F)cc1)c1ccc(CN2CCN(c3nccc(Nc4cc(C5CC5)[nH]n4)n3)CC2)cc1. The van der Waals surface area contributed by atoms with Gasteiger partial charge in [-0.2, -0.15) is 10.1 Å². The van der Waals surface area contributed by atoms with Crippen LogP contribution in [-0.4, -0.2) is 63.5 Å². The maximum Gasteiger partial charge on any atom is 0.573 e. The molecule has 2 aromatic carbocycles. The summed E-state index contributed by atoms with van der Waals surface area (Å²) in [5, 5.41) is 13.4. The Bertz CT molecular complexity index is 1510. The average Bonchev–Trinajstić information content (AvgIpc) is 3.73. The van der Waals surface area contributed by atoms with Gasteiger partial charge in [0.05, 0.1) is 0 Å². The van der Waals surface area contributed by atoms with E-state index in [1.807, 2.05) is 24.3 Å². The van der Waals surface area contributed by atoms with Gasteiger partial charge in [0, 0.05) is 67.8 Å². The van der Waals surface area contributed by atoms with Crippen molar-refractivity contribution in [3.63, 3.8) is 0 Å². The fraction of sp³-hybridized carbons (Fsp3) is 0.310. The zero-order chi connectivity index (χ0) is 29.1. The third kappa shape index (κ3) is 7.16. The highest BCUT2D eigenvalue weighted by Crippen LogP contribution is 2.39. The van der Waals surface area contributed by atoms with Crippen molar-refractivity contribution in [2.45, 2.75) is 31.7 Å². The number of anilines is 4. The number of benzene rings is 2. The van der Waals surface area contributed by atoms with Crippen LogP contribution in [-0.2, 0) is 6.54 Å². The number of aromatic amines is 1. The fourth-order valence-electron chi connectivity index (χ4n) is 4.77. The van der Waals surface area contributed by atoms with Crippen molar-refractivity contribution < 1.29 is 22.7 Å². The van der Waals surface area contributed by atoms with E-state index in [0.717, 1.165) is 61.9 Å². The zero-order valence-corrected chi connectivity index (χ0v) is 22.6. The molecule has 3 heterocycles. The number of alkyl halides is 3. The lowest BCUT2D eigenvalue weighted by molar-refractivity contribution is -0.274. The fourth-order valence-corrected chi connectivity index (χ4v) is 4.77. The molecule has 1 aliphatic heterocycles. The summed E-state index contributed by atoms with van der Waals surface area (Å²) in [6, 6.07) is 16.2. The van der Waals surface area contributed by atoms with Crippen LogP contribution in [0.3, 0.4) is 0 Å². The van der Waals surface area contributed by atoms with Crippen LogP contribution in [0.15, 0.2) is 66.9 Å². The first-order valence-electron chi connectivity index (χ1n) is 13.7. The van der Waals surface area contributed by atoms with E-state index < -0.39 is 6.36 Å². The summed E-state index contributed by atoms with van der Waals surface area (Å²) in [5.41, 5.74) is 3.04. The van der Waals surface area contributed by atoms with Gasteiger partial charge in [0.25, 0.3) is 5.91 Å². The number of halogens is 3. The molecule has 1 amide bonds. The van der Waals surface area contributed by atoms with Gasteiger partial charge in [-0.25, -0.2) is 4.98 Å². The number of rotatable bonds is 9. The van der Waals surface area contributed by atoms with Gasteiger partial charge in [-0.1, -0.05) is 12.1 Å². The smallest absolute Gasteiger partial charge is 0.406 e. The molecule has 4 aromatic rings. The van der Waals surface area contributed by atoms with Gasteiger partial charge >= 0.3 is 6.36 Å². The first-order valence-corrected chi connectivity index (χ1v) is 13.7. The summed E-state index contributed by atoms with van der Waals surface area (Å²) in [6.45, 7) is 3.97. The summed E-state index contributed by atoms with van der Waals surface area (Å²) in [7, 11) is 0. The molecule has 218 valence electrons. The van der Waals surface area contributed by atoms with Crippen LogP contribution in [0.4, 0.5) is 36.4 Å². The van der Waals surface area contributed by atoms with Gasteiger partial charge in [-0.05, 0) is 60.9 Å². The first-order chi connectivity index (χ1) is 20.3. The summed E-state index contributed by atoms with van der Waals surface area (Å²) >= 11 is 0. The van der Waals surface area contributed by atoms with Crippen LogP contribution < -0.4 is 20.3 Å². The highest BCUT2D eigenvalue weighted by Gasteiger charge is 2.31. The van der Waals surface area contributed by atoms with Crippen molar-refractivity contribution in [1.82, 2.24) is 25.1 Å². The highest BCUT2D eigenvalue weighted by atomic mass is 19.4. The van der Waals surface area contributed by atoms with Crippen molar-refractivity contribution >= 4 is 29.2 Å². The van der Waals surface area contributed by atoms with E-state index in [1.165, 1.54) is 25.0 Å². The summed E-state index contributed by atoms with van der Waals surface area (Å²) in [4.78, 5) is 26.3. The normalized spacial score (nSPS) is 15.8. The van der Waals surface area contributed by atoms with E-state index in [4.69, 9.17) is 0 Å². The zero-order valence-electron chi connectivity index (χ0n) is 22.6. The predicted molar refractivity (Wildman–Crippen MR) is 151 cm³/mol. The number of hydrogen-bond donors (Lipinski definition) is 3. The Hall–Kier alpha value is -4.65. The maximum atomic E-state index is 12.6. The van der Waals surface area contributed by atoms with E-state index in [9.17, 15) is 18.0 Å². The van der Waals surface area contributed by atoms with Crippen molar-refractivity contribution in [3.8, 4) is 5.75 Å². The standard InChI is InChI=1S/C29H29F3N8O2/c30-29(31,32)42-23-9-7-22(8-10-23)34-27(41)21-3-1-19(2-4-21)18-39-13-15-40(16-14-39)28-33-12-11-25(36-28)35-26-17-24(37-38-26)20-5-6-20/h1-4,7-12,17,20H,5-6,13-16,18H2,(H,34,41)(H2,33,35,36,37,38). The molecule has 13 heteroatoms. The van der Waals surface area contributed by atoms with Gasteiger partial charge in [0.1, 0.15) is 11.6 Å². The van der Waals surface area contributed by atoms with Crippen LogP contribution >= 0.6 is 0 Å². The minimum Gasteiger partial charge on any atom is -0.406 e. The van der Waals surface area contributed by atoms with Gasteiger partial charge in [-0.15, -0.1) is 13.2 Å². The van der Waals surface area contributed by atoms with Crippen LogP contribution in [0.2, 0.25) is 0 Å². The number of piperazine rings is 1. The molecule has 10 nitrogen and oxygen atoms in total. The number of amides is 1. The minimum absolute atomic E-state index is 0.351.